The molecule has 2 aliphatic rings. The first kappa shape index (κ1) is 44.9. The number of nitrogens with zero attached hydrogens (tertiary/aromatic N) is 2. The lowest BCUT2D eigenvalue weighted by Crippen LogP contribution is -2.36. The van der Waals surface area contributed by atoms with Crippen LogP contribution in [0.5, 0.6) is 23.0 Å². The van der Waals surface area contributed by atoms with Gasteiger partial charge in [-0.3, -0.25) is 19.2 Å². The molecular formula is C42H52F2N2O12S. The summed E-state index contributed by atoms with van der Waals surface area (Å²) in [7, 11) is 2.73. The van der Waals surface area contributed by atoms with Crippen LogP contribution in [0.1, 0.15) is 101 Å². The molecule has 0 aliphatic carbocycles. The van der Waals surface area contributed by atoms with Crippen LogP contribution in [0.3, 0.4) is 0 Å². The summed E-state index contributed by atoms with van der Waals surface area (Å²) in [5, 5.41) is 0.142. The first-order valence-electron chi connectivity index (χ1n) is 19.4. The lowest BCUT2D eigenvalue weighted by molar-refractivity contribution is -0.156. The topological polar surface area (TPSA) is 156 Å². The van der Waals surface area contributed by atoms with E-state index in [4.69, 9.17) is 33.2 Å². The van der Waals surface area contributed by atoms with Crippen molar-refractivity contribution in [3.8, 4) is 23.0 Å². The van der Waals surface area contributed by atoms with Crippen LogP contribution in [0.25, 0.3) is 10.1 Å². The van der Waals surface area contributed by atoms with Crippen molar-refractivity contribution < 1.29 is 65.9 Å². The molecular weight excluding hydrogens is 795 g/mol. The number of Topliss-reactive ketones (excluding diaryl/α,β-unsaturated/α-hetero) is 1. The maximum Gasteiger partial charge on any atom is 0.410 e. The van der Waals surface area contributed by atoms with E-state index in [0.717, 1.165) is 11.3 Å². The largest absolute Gasteiger partial charge is 0.493 e. The Kier molecular flexibility index (Phi) is 14.3. The van der Waals surface area contributed by atoms with Gasteiger partial charge >= 0.3 is 18.0 Å². The molecule has 0 spiro atoms. The number of fused-ring (bicyclic) bond motifs is 2. The molecule has 2 aliphatic heterocycles. The number of thiophene rings is 1. The number of methoxy groups -OCH3 is 2. The Bertz CT molecular complexity index is 2070. The van der Waals surface area contributed by atoms with Crippen LogP contribution >= 0.6 is 11.3 Å². The Balaban J connectivity index is 1.12. The van der Waals surface area contributed by atoms with Gasteiger partial charge in [0.2, 0.25) is 5.91 Å². The van der Waals surface area contributed by atoms with E-state index in [9.17, 15) is 24.0 Å². The standard InChI is InChI=1S/C42H52F2N2O12S/c1-41(2,3)57-35(50)13-11-33(48)46-21-24-18-29(52-7)38(37(44)27(24)23-46)54-16-9-17-55-39-30(53-8)20-31-26(36(39)43)19-32(59-31)28(47)10-12-34(49)56-25-14-15-45(22-25)40(51)58-42(4,5)6/h18-20,25H,9-17,21-23H2,1-8H3/t25-/m0/s1. The number of hydrogen-bond donors (Lipinski definition) is 0. The molecule has 17 heteroatoms. The minimum Gasteiger partial charge on any atom is -0.493 e. The van der Waals surface area contributed by atoms with Crippen molar-refractivity contribution in [2.24, 2.45) is 0 Å². The van der Waals surface area contributed by atoms with E-state index in [1.54, 1.807) is 53.7 Å². The molecule has 0 bridgehead atoms. The fraction of sp³-hybridized carbons (Fsp3) is 0.548. The average Bonchev–Trinajstić information content (AvgIpc) is 3.92. The number of rotatable bonds is 16. The minimum atomic E-state index is -0.734. The van der Waals surface area contributed by atoms with Gasteiger partial charge in [-0.25, -0.2) is 13.6 Å². The number of carbonyl (C=O) groups excluding carboxylic acids is 5. The molecule has 1 saturated heterocycles. The predicted molar refractivity (Wildman–Crippen MR) is 212 cm³/mol. The highest BCUT2D eigenvalue weighted by atomic mass is 32.1. The third-order valence-electron chi connectivity index (χ3n) is 9.24. The number of ketones is 1. The number of esters is 2. The summed E-state index contributed by atoms with van der Waals surface area (Å²) in [4.78, 5) is 66.1. The van der Waals surface area contributed by atoms with Crippen LogP contribution in [0, 0.1) is 11.6 Å². The molecule has 14 nitrogen and oxygen atoms in total. The Morgan fingerprint density at radius 1 is 0.763 bits per heavy atom. The molecule has 2 aromatic carbocycles. The highest BCUT2D eigenvalue weighted by Gasteiger charge is 2.33. The maximum absolute atomic E-state index is 15.8. The molecule has 0 unspecified atom stereocenters. The van der Waals surface area contributed by atoms with Gasteiger partial charge in [0.1, 0.15) is 17.3 Å². The summed E-state index contributed by atoms with van der Waals surface area (Å²) < 4.78 is 70.5. The van der Waals surface area contributed by atoms with Gasteiger partial charge in [0.25, 0.3) is 0 Å². The van der Waals surface area contributed by atoms with Gasteiger partial charge in [0.05, 0.1) is 51.7 Å². The predicted octanol–water partition coefficient (Wildman–Crippen LogP) is 7.52. The smallest absolute Gasteiger partial charge is 0.410 e. The Labute approximate surface area is 345 Å². The zero-order chi connectivity index (χ0) is 43.2. The van der Waals surface area contributed by atoms with E-state index in [-0.39, 0.29) is 115 Å². The van der Waals surface area contributed by atoms with Gasteiger partial charge in [-0.15, -0.1) is 11.3 Å². The molecule has 3 heterocycles. The van der Waals surface area contributed by atoms with E-state index in [1.807, 2.05) is 0 Å². The SMILES string of the molecule is COc1cc2c(c(F)c1OCCCOc1c(OC)cc3sc(C(=O)CCC(=O)O[C@H]4CCN(C(=O)OC(C)(C)C)C4)cc3c1F)CN(C(=O)CCC(=O)OC(C)(C)C)C2. The van der Waals surface area contributed by atoms with E-state index in [1.165, 1.54) is 30.1 Å². The maximum atomic E-state index is 15.8. The first-order chi connectivity index (χ1) is 27.8. The van der Waals surface area contributed by atoms with Gasteiger partial charge in [0.15, 0.2) is 40.4 Å². The normalized spacial score (nSPS) is 15.2. The second-order valence-electron chi connectivity index (χ2n) is 16.2. The zero-order valence-corrected chi connectivity index (χ0v) is 35.6. The van der Waals surface area contributed by atoms with E-state index in [0.29, 0.717) is 23.2 Å². The molecule has 1 atom stereocenters. The third kappa shape index (κ3) is 11.7. The van der Waals surface area contributed by atoms with Crippen LogP contribution in [0.15, 0.2) is 18.2 Å². The lowest BCUT2D eigenvalue weighted by atomic mass is 10.1. The van der Waals surface area contributed by atoms with Crippen LogP contribution in [-0.2, 0) is 41.7 Å². The molecule has 59 heavy (non-hydrogen) atoms. The number of carbonyl (C=O) groups is 5. The molecule has 1 fully saturated rings. The van der Waals surface area contributed by atoms with Gasteiger partial charge in [-0.1, -0.05) is 0 Å². The van der Waals surface area contributed by atoms with Crippen molar-refractivity contribution in [1.82, 2.24) is 9.80 Å². The molecule has 1 aromatic heterocycles. The Hall–Kier alpha value is -5.19. The fourth-order valence-electron chi connectivity index (χ4n) is 6.51. The number of amides is 2. The highest BCUT2D eigenvalue weighted by molar-refractivity contribution is 7.20. The van der Waals surface area contributed by atoms with Crippen molar-refractivity contribution in [2.45, 2.75) is 110 Å². The molecule has 5 rings (SSSR count). The second kappa shape index (κ2) is 18.8. The monoisotopic (exact) mass is 846 g/mol. The van der Waals surface area contributed by atoms with Gasteiger partial charge < -0.3 is 43.0 Å². The van der Waals surface area contributed by atoms with Crippen LogP contribution in [-0.4, -0.2) is 97.4 Å². The first-order valence-corrected chi connectivity index (χ1v) is 20.2. The zero-order valence-electron chi connectivity index (χ0n) is 34.8. The Morgan fingerprint density at radius 3 is 2.03 bits per heavy atom. The fourth-order valence-corrected chi connectivity index (χ4v) is 7.57. The van der Waals surface area contributed by atoms with Crippen molar-refractivity contribution in [3.05, 3.63) is 45.8 Å². The van der Waals surface area contributed by atoms with Gasteiger partial charge in [-0.05, 0) is 59.2 Å². The molecule has 3 aromatic rings. The lowest BCUT2D eigenvalue weighted by Gasteiger charge is -2.24. The number of likely N-dealkylation sites (tertiary alicyclic amines) is 1. The third-order valence-corrected chi connectivity index (χ3v) is 10.4. The van der Waals surface area contributed by atoms with Crippen LogP contribution in [0.2, 0.25) is 0 Å². The van der Waals surface area contributed by atoms with E-state index < -0.39 is 47.0 Å². The summed E-state index contributed by atoms with van der Waals surface area (Å²) in [5.74, 6) is -3.21. The van der Waals surface area contributed by atoms with Crippen molar-refractivity contribution in [1.29, 1.82) is 0 Å². The molecule has 2 amide bonds. The summed E-state index contributed by atoms with van der Waals surface area (Å²) in [5.41, 5.74) is -0.467. The van der Waals surface area contributed by atoms with Crippen molar-refractivity contribution in [2.75, 3.05) is 40.5 Å². The second-order valence-corrected chi connectivity index (χ2v) is 17.3. The van der Waals surface area contributed by atoms with Gasteiger partial charge in [0, 0.05) is 67.0 Å². The summed E-state index contributed by atoms with van der Waals surface area (Å²) in [6, 6.07) is 4.59. The summed E-state index contributed by atoms with van der Waals surface area (Å²) in [6.45, 7) is 11.2. The van der Waals surface area contributed by atoms with Crippen LogP contribution < -0.4 is 18.9 Å². The van der Waals surface area contributed by atoms with E-state index in [2.05, 4.69) is 0 Å². The van der Waals surface area contributed by atoms with Crippen LogP contribution in [0.4, 0.5) is 13.6 Å². The summed E-state index contributed by atoms with van der Waals surface area (Å²) >= 11 is 1.06. The molecule has 322 valence electrons. The number of benzene rings is 2. The molecule has 0 N–H and O–H groups in total. The number of halogens is 2. The number of hydrogen-bond acceptors (Lipinski definition) is 13. The molecule has 0 saturated carbocycles. The molecule has 0 radical (unpaired) electrons. The van der Waals surface area contributed by atoms with Gasteiger partial charge in [-0.2, -0.15) is 0 Å². The summed E-state index contributed by atoms with van der Waals surface area (Å²) in [6.07, 6.45) is -0.822. The average molecular weight is 847 g/mol. The quantitative estimate of drug-likeness (QED) is 0.0606. The van der Waals surface area contributed by atoms with Crippen molar-refractivity contribution >= 4 is 51.1 Å². The minimum absolute atomic E-state index is 0.000129. The highest BCUT2D eigenvalue weighted by Crippen LogP contribution is 2.41. The number of ether oxygens (including phenoxy) is 7. The van der Waals surface area contributed by atoms with E-state index >= 15 is 8.78 Å². The Morgan fingerprint density at radius 2 is 1.39 bits per heavy atom. The van der Waals surface area contributed by atoms with Crippen molar-refractivity contribution in [3.63, 3.8) is 0 Å².